The molecule has 0 aliphatic carbocycles. The Labute approximate surface area is 262 Å². The average molecular weight is 691 g/mol. The van der Waals surface area contributed by atoms with Crippen molar-refractivity contribution in [2.24, 2.45) is 0 Å². The molecule has 230 valence electrons. The number of aromatic nitrogens is 1. The number of ether oxygens (including phenoxy) is 2. The lowest BCUT2D eigenvalue weighted by molar-refractivity contribution is -0.139. The van der Waals surface area contributed by atoms with Gasteiger partial charge >= 0.3 is 5.97 Å². The highest BCUT2D eigenvalue weighted by atomic mass is 79.9. The van der Waals surface area contributed by atoms with Crippen LogP contribution in [-0.4, -0.2) is 41.3 Å². The molecule has 1 unspecified atom stereocenters. The van der Waals surface area contributed by atoms with E-state index in [1.165, 1.54) is 40.0 Å². The van der Waals surface area contributed by atoms with E-state index in [9.17, 15) is 27.0 Å². The van der Waals surface area contributed by atoms with Crippen molar-refractivity contribution in [2.45, 2.75) is 24.7 Å². The average Bonchev–Trinajstić information content (AvgIpc) is 3.02. The minimum Gasteiger partial charge on any atom is -0.493 e. The third kappa shape index (κ3) is 8.23. The molecule has 1 amide bonds. The Morgan fingerprint density at radius 1 is 1.02 bits per heavy atom. The Morgan fingerprint density at radius 2 is 1.73 bits per heavy atom. The first kappa shape index (κ1) is 32.7. The van der Waals surface area contributed by atoms with Crippen molar-refractivity contribution in [1.82, 2.24) is 10.3 Å². The molecule has 1 aromatic heterocycles. The first-order valence-corrected chi connectivity index (χ1v) is 15.2. The number of methoxy groups -OCH3 is 1. The first-order chi connectivity index (χ1) is 21.1. The summed E-state index contributed by atoms with van der Waals surface area (Å²) in [5.74, 6) is -3.88. The molecule has 8 nitrogen and oxygen atoms in total. The van der Waals surface area contributed by atoms with Crippen LogP contribution in [0, 0.1) is 24.5 Å². The molecule has 4 aromatic rings. The molecule has 0 spiro atoms. The third-order valence-electron chi connectivity index (χ3n) is 6.45. The van der Waals surface area contributed by atoms with E-state index >= 15 is 0 Å². The maximum atomic E-state index is 14.3. The molecule has 2 N–H and O–H groups in total. The van der Waals surface area contributed by atoms with Crippen molar-refractivity contribution in [3.8, 4) is 16.9 Å². The van der Waals surface area contributed by atoms with Gasteiger partial charge in [-0.2, -0.15) is 4.39 Å². The monoisotopic (exact) mass is 689 g/mol. The Hall–Kier alpha value is -4.23. The van der Waals surface area contributed by atoms with Crippen molar-refractivity contribution in [3.63, 3.8) is 0 Å². The molecule has 1 aliphatic heterocycles. The van der Waals surface area contributed by atoms with Gasteiger partial charge in [0.05, 0.1) is 24.3 Å². The number of nitrogens with zero attached hydrogens (tertiary/aromatic N) is 1. The number of carbonyl (C=O) groups excluding carboxylic acids is 2. The number of pyridine rings is 1. The fraction of sp³-hybridized carbons (Fsp3) is 0.194. The summed E-state index contributed by atoms with van der Waals surface area (Å²) >= 11 is 3.54. The van der Waals surface area contributed by atoms with Crippen LogP contribution in [0.15, 0.2) is 76.2 Å². The zero-order valence-corrected chi connectivity index (χ0v) is 26.0. The minimum atomic E-state index is -1.88. The van der Waals surface area contributed by atoms with Crippen LogP contribution in [0.2, 0.25) is 0 Å². The number of hydrogen-bond acceptors (Lipinski definition) is 6. The summed E-state index contributed by atoms with van der Waals surface area (Å²) in [6.07, 6.45) is 3.59. The van der Waals surface area contributed by atoms with Gasteiger partial charge in [-0.05, 0) is 72.9 Å². The number of fused-ring (bicyclic) bond motifs is 1. The number of nitrogens with one attached hydrogen (secondary N) is 2. The molecule has 44 heavy (non-hydrogen) atoms. The van der Waals surface area contributed by atoms with E-state index in [2.05, 4.69) is 49.4 Å². The van der Waals surface area contributed by atoms with Crippen molar-refractivity contribution >= 4 is 44.5 Å². The number of halogens is 4. The smallest absolute Gasteiger partial charge is 0.325 e. The van der Waals surface area contributed by atoms with Gasteiger partial charge in [-0.15, -0.1) is 0 Å². The molecule has 3 aromatic carbocycles. The Balaban J connectivity index is 0.000000305. The molecule has 2 heterocycles. The van der Waals surface area contributed by atoms with E-state index in [1.54, 1.807) is 18.2 Å². The molecule has 0 fully saturated rings. The predicted octanol–water partition coefficient (Wildman–Crippen LogP) is 6.29. The van der Waals surface area contributed by atoms with Crippen molar-refractivity contribution < 1.29 is 36.4 Å². The maximum Gasteiger partial charge on any atom is 0.325 e. The van der Waals surface area contributed by atoms with Crippen LogP contribution in [0.4, 0.5) is 18.9 Å². The molecule has 1 aliphatic rings. The van der Waals surface area contributed by atoms with E-state index < -0.39 is 52.6 Å². The van der Waals surface area contributed by atoms with Gasteiger partial charge in [-0.1, -0.05) is 34.1 Å². The zero-order chi connectivity index (χ0) is 31.8. The van der Waals surface area contributed by atoms with Crippen LogP contribution in [0.5, 0.6) is 5.75 Å². The number of rotatable bonds is 7. The number of hydrogen-bond donors (Lipinski definition) is 2. The standard InChI is InChI=1S/C21H16F3N3O4S.C10H11BrO/c1-31-19(28)11-26-21(29)20-16(22)9-14(10-17(20)23)27-32(30)15-4-2-12(3-5-15)13-6-7-25-18(24)8-13;1-7-4-5-9(11)8-3-2-6-12-10(7)8/h2-10,27H,11H2,1H3,(H,26,29);4-5H,2-3,6H2,1H3. The van der Waals surface area contributed by atoms with Gasteiger partial charge in [0.2, 0.25) is 5.95 Å². The van der Waals surface area contributed by atoms with E-state index in [1.807, 2.05) is 5.32 Å². The first-order valence-electron chi connectivity index (χ1n) is 13.2. The molecule has 5 rings (SSSR count). The van der Waals surface area contributed by atoms with Gasteiger partial charge in [-0.25, -0.2) is 18.0 Å². The number of anilines is 1. The van der Waals surface area contributed by atoms with Gasteiger partial charge in [0.1, 0.15) is 40.5 Å². The van der Waals surface area contributed by atoms with Crippen LogP contribution < -0.4 is 14.8 Å². The van der Waals surface area contributed by atoms with Gasteiger partial charge in [0.15, 0.2) is 0 Å². The summed E-state index contributed by atoms with van der Waals surface area (Å²) in [5.41, 5.74) is 2.76. The molecule has 1 atom stereocenters. The van der Waals surface area contributed by atoms with E-state index in [0.29, 0.717) is 16.0 Å². The van der Waals surface area contributed by atoms with Crippen molar-refractivity contribution in [3.05, 3.63) is 106 Å². The molecule has 0 saturated heterocycles. The Kier molecular flexibility index (Phi) is 11.1. The predicted molar refractivity (Wildman–Crippen MR) is 163 cm³/mol. The van der Waals surface area contributed by atoms with Gasteiger partial charge in [-0.3, -0.25) is 9.59 Å². The van der Waals surface area contributed by atoms with E-state index in [4.69, 9.17) is 4.74 Å². The van der Waals surface area contributed by atoms with Crippen LogP contribution in [0.3, 0.4) is 0 Å². The normalized spacial score (nSPS) is 12.5. The van der Waals surface area contributed by atoms with Crippen molar-refractivity contribution in [1.29, 1.82) is 0 Å². The van der Waals surface area contributed by atoms with Crippen LogP contribution in [0.1, 0.15) is 27.9 Å². The number of amides is 1. The fourth-order valence-electron chi connectivity index (χ4n) is 4.26. The van der Waals surface area contributed by atoms with Crippen LogP contribution >= 0.6 is 15.9 Å². The highest BCUT2D eigenvalue weighted by Gasteiger charge is 2.20. The second kappa shape index (κ2) is 15.0. The number of aryl methyl sites for hydroxylation is 1. The van der Waals surface area contributed by atoms with Gasteiger partial charge < -0.3 is 19.5 Å². The van der Waals surface area contributed by atoms with E-state index in [-0.39, 0.29) is 5.69 Å². The number of carbonyl (C=O) groups is 2. The summed E-state index contributed by atoms with van der Waals surface area (Å²) in [4.78, 5) is 26.8. The molecule has 0 bridgehead atoms. The number of esters is 1. The quantitative estimate of drug-likeness (QED) is 0.175. The fourth-order valence-corrected chi connectivity index (χ4v) is 5.60. The van der Waals surface area contributed by atoms with E-state index in [0.717, 1.165) is 44.4 Å². The zero-order valence-electron chi connectivity index (χ0n) is 23.6. The van der Waals surface area contributed by atoms with Crippen LogP contribution in [-0.2, 0) is 26.9 Å². The molecular formula is C31H27BrF3N3O5S. The molecular weight excluding hydrogens is 663 g/mol. The summed E-state index contributed by atoms with van der Waals surface area (Å²) in [6.45, 7) is 2.40. The van der Waals surface area contributed by atoms with Gasteiger partial charge in [0.25, 0.3) is 5.91 Å². The third-order valence-corrected chi connectivity index (χ3v) is 8.31. The second-order valence-corrected chi connectivity index (χ2v) is 11.5. The Morgan fingerprint density at radius 3 is 2.36 bits per heavy atom. The topological polar surface area (TPSA) is 107 Å². The van der Waals surface area contributed by atoms with Gasteiger partial charge in [0, 0.05) is 22.3 Å². The Bertz CT molecular complexity index is 1650. The lowest BCUT2D eigenvalue weighted by Crippen LogP contribution is -2.31. The molecule has 13 heteroatoms. The summed E-state index contributed by atoms with van der Waals surface area (Å²) in [7, 11) is -0.780. The maximum absolute atomic E-state index is 14.3. The highest BCUT2D eigenvalue weighted by Crippen LogP contribution is 2.34. The summed E-state index contributed by atoms with van der Waals surface area (Å²) < 4.78 is 68.0. The molecule has 0 saturated carbocycles. The summed E-state index contributed by atoms with van der Waals surface area (Å²) in [5, 5.41) is 2.04. The minimum absolute atomic E-state index is 0.164. The molecule has 0 radical (unpaired) electrons. The summed E-state index contributed by atoms with van der Waals surface area (Å²) in [6, 6.07) is 14.9. The highest BCUT2D eigenvalue weighted by molar-refractivity contribution is 9.10. The second-order valence-electron chi connectivity index (χ2n) is 9.46. The lowest BCUT2D eigenvalue weighted by Gasteiger charge is -2.20. The van der Waals surface area contributed by atoms with Crippen molar-refractivity contribution in [2.75, 3.05) is 25.0 Å². The largest absolute Gasteiger partial charge is 0.493 e. The lowest BCUT2D eigenvalue weighted by atomic mass is 10.0. The van der Waals surface area contributed by atoms with Crippen LogP contribution in [0.25, 0.3) is 11.1 Å². The SMILES string of the molecule is COC(=O)CNC(=O)c1c(F)cc(NS(=O)c2ccc(-c3ccnc(F)c3)cc2)cc1F.Cc1ccc(Br)c2c1OCCC2. The number of benzene rings is 3.